The Hall–Kier alpha value is -2.08. The van der Waals surface area contributed by atoms with Gasteiger partial charge in [0, 0.05) is 18.5 Å². The lowest BCUT2D eigenvalue weighted by molar-refractivity contribution is -0.147. The van der Waals surface area contributed by atoms with Crippen molar-refractivity contribution in [2.45, 2.75) is 18.4 Å². The second-order valence-corrected chi connectivity index (χ2v) is 4.34. The zero-order valence-corrected chi connectivity index (χ0v) is 10.2. The first-order valence-electron chi connectivity index (χ1n) is 6.00. The summed E-state index contributed by atoms with van der Waals surface area (Å²) < 4.78 is 5.39. The van der Waals surface area contributed by atoms with Crippen LogP contribution in [0.25, 0.3) is 0 Å². The Morgan fingerprint density at radius 1 is 1.42 bits per heavy atom. The molecule has 0 aromatic heterocycles. The number of hydrogen-bond acceptors (Lipinski definition) is 4. The van der Waals surface area contributed by atoms with Crippen LogP contribution in [0, 0.1) is 0 Å². The molecule has 1 aromatic carbocycles. The highest BCUT2D eigenvalue weighted by Gasteiger charge is 2.29. The molecule has 0 spiro atoms. The first-order chi connectivity index (χ1) is 9.09. The standard InChI is InChI=1S/C13H15NO5/c15-10(13(17)18)5-6-14-12(16)9-7-19-11-4-2-1-3-8(9)11/h1-4,9-10,15H,5-7H2,(H,14,16)(H,17,18)/t9?,10-/m0/s1. The molecule has 0 fully saturated rings. The number of rotatable bonds is 5. The third kappa shape index (κ3) is 3.03. The number of carbonyl (C=O) groups is 2. The van der Waals surface area contributed by atoms with E-state index in [4.69, 9.17) is 14.9 Å². The molecule has 1 amide bonds. The van der Waals surface area contributed by atoms with Gasteiger partial charge in [0.05, 0.1) is 0 Å². The molecular formula is C13H15NO5. The van der Waals surface area contributed by atoms with Gasteiger partial charge in [0.15, 0.2) is 6.10 Å². The van der Waals surface area contributed by atoms with Crippen LogP contribution in [0.3, 0.4) is 0 Å². The van der Waals surface area contributed by atoms with E-state index in [-0.39, 0.29) is 31.4 Å². The number of benzene rings is 1. The number of carbonyl (C=O) groups excluding carboxylic acids is 1. The molecule has 0 radical (unpaired) electrons. The van der Waals surface area contributed by atoms with Gasteiger partial charge in [-0.1, -0.05) is 18.2 Å². The maximum atomic E-state index is 11.9. The first-order valence-corrected chi connectivity index (χ1v) is 6.00. The van der Waals surface area contributed by atoms with E-state index < -0.39 is 12.1 Å². The van der Waals surface area contributed by atoms with Crippen LogP contribution >= 0.6 is 0 Å². The van der Waals surface area contributed by atoms with Crippen molar-refractivity contribution < 1.29 is 24.5 Å². The normalized spacial score (nSPS) is 18.3. The van der Waals surface area contributed by atoms with E-state index in [9.17, 15) is 9.59 Å². The van der Waals surface area contributed by atoms with Crippen molar-refractivity contribution in [3.8, 4) is 5.75 Å². The molecule has 2 rings (SSSR count). The third-order valence-corrected chi connectivity index (χ3v) is 3.02. The summed E-state index contributed by atoms with van der Waals surface area (Å²) in [6.45, 7) is 0.400. The molecule has 1 aromatic rings. The van der Waals surface area contributed by atoms with Crippen molar-refractivity contribution in [2.75, 3.05) is 13.2 Å². The van der Waals surface area contributed by atoms with Gasteiger partial charge in [-0.3, -0.25) is 4.79 Å². The van der Waals surface area contributed by atoms with E-state index >= 15 is 0 Å². The summed E-state index contributed by atoms with van der Waals surface area (Å²) >= 11 is 0. The molecule has 6 heteroatoms. The molecule has 1 aliphatic rings. The zero-order chi connectivity index (χ0) is 13.8. The van der Waals surface area contributed by atoms with Gasteiger partial charge in [0.2, 0.25) is 5.91 Å². The Bertz CT molecular complexity index is 488. The molecule has 0 saturated heterocycles. The van der Waals surface area contributed by atoms with Crippen LogP contribution in [0.4, 0.5) is 0 Å². The van der Waals surface area contributed by atoms with Crippen LogP contribution in [-0.2, 0) is 9.59 Å². The minimum atomic E-state index is -1.45. The van der Waals surface area contributed by atoms with Gasteiger partial charge in [-0.05, 0) is 6.07 Å². The van der Waals surface area contributed by atoms with Crippen LogP contribution in [0.1, 0.15) is 17.9 Å². The summed E-state index contributed by atoms with van der Waals surface area (Å²) in [5.41, 5.74) is 0.832. The first kappa shape index (κ1) is 13.4. The van der Waals surface area contributed by atoms with Crippen molar-refractivity contribution >= 4 is 11.9 Å². The molecule has 1 heterocycles. The summed E-state index contributed by atoms with van der Waals surface area (Å²) in [6.07, 6.45) is -1.47. The summed E-state index contributed by atoms with van der Waals surface area (Å²) in [6, 6.07) is 7.31. The zero-order valence-electron chi connectivity index (χ0n) is 10.2. The molecule has 0 aliphatic carbocycles. The van der Waals surface area contributed by atoms with Crippen molar-refractivity contribution in [2.24, 2.45) is 0 Å². The highest BCUT2D eigenvalue weighted by atomic mass is 16.5. The van der Waals surface area contributed by atoms with Gasteiger partial charge in [-0.15, -0.1) is 0 Å². The van der Waals surface area contributed by atoms with Crippen molar-refractivity contribution in [3.63, 3.8) is 0 Å². The topological polar surface area (TPSA) is 95.9 Å². The van der Waals surface area contributed by atoms with E-state index in [1.165, 1.54) is 0 Å². The Balaban J connectivity index is 1.87. The predicted octanol–water partition coefficient (Wildman–Crippen LogP) is 0.114. The van der Waals surface area contributed by atoms with E-state index in [1.54, 1.807) is 6.07 Å². The number of hydrogen-bond donors (Lipinski definition) is 3. The Labute approximate surface area is 110 Å². The van der Waals surface area contributed by atoms with E-state index in [0.717, 1.165) is 5.56 Å². The second kappa shape index (κ2) is 5.71. The molecule has 19 heavy (non-hydrogen) atoms. The Morgan fingerprint density at radius 3 is 2.89 bits per heavy atom. The number of carboxylic acid groups (broad SMARTS) is 1. The largest absolute Gasteiger partial charge is 0.492 e. The summed E-state index contributed by atoms with van der Waals surface area (Å²) in [4.78, 5) is 22.4. The van der Waals surface area contributed by atoms with E-state index in [0.29, 0.717) is 5.75 Å². The van der Waals surface area contributed by atoms with E-state index in [1.807, 2.05) is 18.2 Å². The van der Waals surface area contributed by atoms with Crippen LogP contribution in [0.5, 0.6) is 5.75 Å². The molecular weight excluding hydrogens is 250 g/mol. The van der Waals surface area contributed by atoms with Gasteiger partial charge in [0.25, 0.3) is 0 Å². The number of ether oxygens (including phenoxy) is 1. The Kier molecular flexibility index (Phi) is 4.01. The minimum absolute atomic E-state index is 0.0176. The van der Waals surface area contributed by atoms with E-state index in [2.05, 4.69) is 5.32 Å². The molecule has 0 saturated carbocycles. The second-order valence-electron chi connectivity index (χ2n) is 4.34. The van der Waals surface area contributed by atoms with Crippen molar-refractivity contribution in [1.29, 1.82) is 0 Å². The highest BCUT2D eigenvalue weighted by molar-refractivity contribution is 5.85. The number of fused-ring (bicyclic) bond motifs is 1. The fourth-order valence-corrected chi connectivity index (χ4v) is 1.96. The van der Waals surface area contributed by atoms with Crippen molar-refractivity contribution in [3.05, 3.63) is 29.8 Å². The SMILES string of the molecule is O=C(NCC[C@H](O)C(=O)O)C1COc2ccccc21. The third-order valence-electron chi connectivity index (χ3n) is 3.02. The number of para-hydroxylation sites is 1. The van der Waals surface area contributed by atoms with Gasteiger partial charge in [0.1, 0.15) is 18.3 Å². The quantitative estimate of drug-likeness (QED) is 0.702. The highest BCUT2D eigenvalue weighted by Crippen LogP contribution is 2.33. The monoisotopic (exact) mass is 265 g/mol. The number of nitrogens with one attached hydrogen (secondary N) is 1. The molecule has 3 N–H and O–H groups in total. The average Bonchev–Trinajstić information content (AvgIpc) is 2.82. The van der Waals surface area contributed by atoms with Gasteiger partial charge >= 0.3 is 5.97 Å². The Morgan fingerprint density at radius 2 is 2.16 bits per heavy atom. The van der Waals surface area contributed by atoms with Crippen molar-refractivity contribution in [1.82, 2.24) is 5.32 Å². The molecule has 102 valence electrons. The van der Waals surface area contributed by atoms with Gasteiger partial charge in [-0.2, -0.15) is 0 Å². The van der Waals surface area contributed by atoms with Crippen LogP contribution in [-0.4, -0.2) is 41.3 Å². The summed E-state index contributed by atoms with van der Waals surface area (Å²) in [5, 5.41) is 20.2. The number of aliphatic carboxylic acids is 1. The number of carboxylic acids is 1. The van der Waals surface area contributed by atoms with Gasteiger partial charge in [-0.25, -0.2) is 4.79 Å². The smallest absolute Gasteiger partial charge is 0.332 e. The fourth-order valence-electron chi connectivity index (χ4n) is 1.96. The molecule has 2 atom stereocenters. The lowest BCUT2D eigenvalue weighted by Gasteiger charge is -2.11. The average molecular weight is 265 g/mol. The van der Waals surface area contributed by atoms with Crippen LogP contribution in [0.2, 0.25) is 0 Å². The summed E-state index contributed by atoms with van der Waals surface area (Å²) in [7, 11) is 0. The lowest BCUT2D eigenvalue weighted by atomic mass is 10.0. The number of amides is 1. The maximum absolute atomic E-state index is 11.9. The minimum Gasteiger partial charge on any atom is -0.492 e. The molecule has 0 bridgehead atoms. The summed E-state index contributed by atoms with van der Waals surface area (Å²) in [5.74, 6) is -1.18. The number of aliphatic hydroxyl groups excluding tert-OH is 1. The molecule has 1 aliphatic heterocycles. The molecule has 6 nitrogen and oxygen atoms in total. The predicted molar refractivity (Wildman–Crippen MR) is 65.9 cm³/mol. The number of aliphatic hydroxyl groups is 1. The molecule has 1 unspecified atom stereocenters. The fraction of sp³-hybridized carbons (Fsp3) is 0.385. The maximum Gasteiger partial charge on any atom is 0.332 e. The van der Waals surface area contributed by atoms with Gasteiger partial charge < -0.3 is 20.3 Å². The lowest BCUT2D eigenvalue weighted by Crippen LogP contribution is -2.33. The van der Waals surface area contributed by atoms with Crippen LogP contribution in [0.15, 0.2) is 24.3 Å². The van der Waals surface area contributed by atoms with Crippen LogP contribution < -0.4 is 10.1 Å².